The zero-order valence-electron chi connectivity index (χ0n) is 13.9. The summed E-state index contributed by atoms with van der Waals surface area (Å²) in [6.45, 7) is 2.09. The second-order valence-corrected chi connectivity index (χ2v) is 6.07. The molecule has 0 spiro atoms. The predicted octanol–water partition coefficient (Wildman–Crippen LogP) is 3.04. The quantitative estimate of drug-likeness (QED) is 0.582. The van der Waals surface area contributed by atoms with Gasteiger partial charge in [0.2, 0.25) is 0 Å². The molecule has 24 heavy (non-hydrogen) atoms. The molecule has 0 bridgehead atoms. The van der Waals surface area contributed by atoms with Crippen LogP contribution in [0.2, 0.25) is 5.02 Å². The van der Waals surface area contributed by atoms with Crippen molar-refractivity contribution >= 4 is 11.6 Å². The second-order valence-electron chi connectivity index (χ2n) is 5.69. The predicted molar refractivity (Wildman–Crippen MR) is 94.3 cm³/mol. The summed E-state index contributed by atoms with van der Waals surface area (Å²) in [5.41, 5.74) is 5.71. The maximum Gasteiger partial charge on any atom is 1.00 e. The average molecular weight is 409 g/mol. The van der Waals surface area contributed by atoms with Crippen LogP contribution >= 0.6 is 11.6 Å². The van der Waals surface area contributed by atoms with Gasteiger partial charge in [0.05, 0.1) is 0 Å². The molecule has 0 atom stereocenters. The maximum atomic E-state index is 13.4. The Balaban J connectivity index is 0.00000208. The summed E-state index contributed by atoms with van der Waals surface area (Å²) in [6, 6.07) is 22.9. The normalized spacial score (nSPS) is 10.3. The molecule has 0 aliphatic carbocycles. The molecule has 0 nitrogen and oxygen atoms in total. The fourth-order valence-corrected chi connectivity index (χ4v) is 2.79. The van der Waals surface area contributed by atoms with Gasteiger partial charge in [0.15, 0.2) is 0 Å². The number of hydrogen-bond acceptors (Lipinski definition) is 0. The van der Waals surface area contributed by atoms with Gasteiger partial charge >= 0.3 is 58.2 Å². The van der Waals surface area contributed by atoms with Crippen molar-refractivity contribution in [3.05, 3.63) is 94.3 Å². The minimum Gasteiger partial charge on any atom is -0.235 e. The van der Waals surface area contributed by atoms with E-state index in [1.807, 2.05) is 6.07 Å². The van der Waals surface area contributed by atoms with Crippen LogP contribution in [-0.2, 0) is 12.8 Å². The first kappa shape index (κ1) is 20.0. The fraction of sp³-hybridized carbons (Fsp3) is 0.143. The number of rotatable bonds is 4. The number of benzene rings is 3. The average Bonchev–Trinajstić information content (AvgIpc) is 2.57. The van der Waals surface area contributed by atoms with E-state index >= 15 is 0 Å². The van der Waals surface area contributed by atoms with Crippen molar-refractivity contribution in [2.75, 3.05) is 0 Å². The van der Waals surface area contributed by atoms with Gasteiger partial charge in [-0.25, -0.2) is 4.39 Å². The monoisotopic (exact) mass is 408 g/mol. The molecule has 0 amide bonds. The molecule has 116 valence electrons. The Hall–Kier alpha value is -0.315. The van der Waals surface area contributed by atoms with Crippen molar-refractivity contribution in [2.45, 2.75) is 19.8 Å². The Morgan fingerprint density at radius 2 is 1.46 bits per heavy atom. The van der Waals surface area contributed by atoms with Crippen LogP contribution in [0.25, 0.3) is 11.1 Å². The van der Waals surface area contributed by atoms with E-state index < -0.39 is 5.82 Å². The Bertz CT molecular complexity index is 795. The van der Waals surface area contributed by atoms with E-state index in [1.54, 1.807) is 6.07 Å². The van der Waals surface area contributed by atoms with Gasteiger partial charge in [0.1, 0.15) is 0 Å². The summed E-state index contributed by atoms with van der Waals surface area (Å²) in [6.07, 6.45) is 1.55. The molecule has 0 aliphatic rings. The van der Waals surface area contributed by atoms with Crippen molar-refractivity contribution in [3.8, 4) is 11.1 Å². The zero-order chi connectivity index (χ0) is 16.2. The SMILES string of the molecule is Cc1ccc(-c2ccc(CCc3cc[c-]c(F)c3Cl)cc2)cc1.[Rb+]. The molecular weight excluding hydrogens is 392 g/mol. The minimum absolute atomic E-state index is 0. The van der Waals surface area contributed by atoms with Crippen molar-refractivity contribution in [2.24, 2.45) is 0 Å². The molecule has 0 unspecified atom stereocenters. The van der Waals surface area contributed by atoms with Gasteiger partial charge in [0.25, 0.3) is 0 Å². The van der Waals surface area contributed by atoms with E-state index in [1.165, 1.54) is 22.3 Å². The molecule has 3 aromatic rings. The summed E-state index contributed by atoms with van der Waals surface area (Å²) < 4.78 is 13.4. The number of hydrogen-bond donors (Lipinski definition) is 0. The summed E-state index contributed by atoms with van der Waals surface area (Å²) in [7, 11) is 0. The third-order valence-electron chi connectivity index (χ3n) is 3.99. The zero-order valence-corrected chi connectivity index (χ0v) is 19.6. The molecule has 3 heteroatoms. The van der Waals surface area contributed by atoms with Gasteiger partial charge < -0.3 is 0 Å². The molecule has 0 radical (unpaired) electrons. The van der Waals surface area contributed by atoms with Gasteiger partial charge in [-0.05, 0) is 41.5 Å². The molecule has 0 aliphatic heterocycles. The molecule has 3 rings (SSSR count). The molecule has 0 saturated heterocycles. The van der Waals surface area contributed by atoms with Crippen molar-refractivity contribution in [3.63, 3.8) is 0 Å². The Morgan fingerprint density at radius 1 is 0.875 bits per heavy atom. The molecule has 0 aromatic heterocycles. The maximum absolute atomic E-state index is 13.4. The van der Waals surface area contributed by atoms with Gasteiger partial charge in [0, 0.05) is 5.82 Å². The minimum atomic E-state index is -0.473. The van der Waals surface area contributed by atoms with Crippen LogP contribution in [0, 0.1) is 18.8 Å². The number of aryl methyl sites for hydroxylation is 3. The third kappa shape index (κ3) is 5.09. The van der Waals surface area contributed by atoms with Crippen molar-refractivity contribution < 1.29 is 62.6 Å². The Labute approximate surface area is 196 Å². The van der Waals surface area contributed by atoms with E-state index in [9.17, 15) is 4.39 Å². The van der Waals surface area contributed by atoms with Crippen molar-refractivity contribution in [1.82, 2.24) is 0 Å². The summed E-state index contributed by atoms with van der Waals surface area (Å²) in [5, 5.41) is 0.184. The largest absolute Gasteiger partial charge is 1.00 e. The first-order valence-electron chi connectivity index (χ1n) is 7.64. The van der Waals surface area contributed by atoms with E-state index in [4.69, 9.17) is 11.6 Å². The first-order valence-corrected chi connectivity index (χ1v) is 8.02. The van der Waals surface area contributed by atoms with E-state index in [0.717, 1.165) is 12.0 Å². The van der Waals surface area contributed by atoms with E-state index in [0.29, 0.717) is 6.42 Å². The van der Waals surface area contributed by atoms with Gasteiger partial charge in [-0.15, -0.1) is 11.6 Å². The Morgan fingerprint density at radius 3 is 2.08 bits per heavy atom. The summed E-state index contributed by atoms with van der Waals surface area (Å²) in [5.74, 6) is -0.473. The van der Waals surface area contributed by atoms with Crippen LogP contribution in [0.5, 0.6) is 0 Å². The molecule has 0 N–H and O–H groups in total. The smallest absolute Gasteiger partial charge is 0.235 e. The van der Waals surface area contributed by atoms with Crippen LogP contribution in [0.15, 0.2) is 60.7 Å². The van der Waals surface area contributed by atoms with Gasteiger partial charge in [-0.3, -0.25) is 0 Å². The second kappa shape index (κ2) is 9.40. The van der Waals surface area contributed by atoms with E-state index in [-0.39, 0.29) is 63.2 Å². The van der Waals surface area contributed by atoms with Crippen LogP contribution in [0.4, 0.5) is 4.39 Å². The molecular formula is C21H17ClFRb. The van der Waals surface area contributed by atoms with Gasteiger partial charge in [-0.2, -0.15) is 23.7 Å². The standard InChI is InChI=1S/C21H17ClF.Rb/c1-15-5-10-17(11-6-15)18-12-7-16(8-13-18)9-14-19-3-2-4-20(23)21(19)22;/h2-3,5-8,10-13H,9,14H2,1H3;/q-1;+1. The number of halogens is 2. The topological polar surface area (TPSA) is 0 Å². The van der Waals surface area contributed by atoms with Crippen LogP contribution in [0.1, 0.15) is 16.7 Å². The third-order valence-corrected chi connectivity index (χ3v) is 4.40. The summed E-state index contributed by atoms with van der Waals surface area (Å²) in [4.78, 5) is 0. The van der Waals surface area contributed by atoms with E-state index in [2.05, 4.69) is 61.5 Å². The fourth-order valence-electron chi connectivity index (χ4n) is 2.57. The van der Waals surface area contributed by atoms with Gasteiger partial charge in [-0.1, -0.05) is 54.1 Å². The first-order chi connectivity index (χ1) is 11.1. The van der Waals surface area contributed by atoms with Crippen LogP contribution < -0.4 is 58.2 Å². The molecule has 0 fully saturated rings. The van der Waals surface area contributed by atoms with Crippen LogP contribution in [0.3, 0.4) is 0 Å². The van der Waals surface area contributed by atoms with Crippen molar-refractivity contribution in [1.29, 1.82) is 0 Å². The molecule has 3 aromatic carbocycles. The molecule has 0 saturated carbocycles. The molecule has 0 heterocycles. The Kier molecular flexibility index (Phi) is 7.84. The van der Waals surface area contributed by atoms with Crippen LogP contribution in [-0.4, -0.2) is 0 Å². The summed E-state index contributed by atoms with van der Waals surface area (Å²) >= 11 is 5.97.